The summed E-state index contributed by atoms with van der Waals surface area (Å²) in [6, 6.07) is 2.50. The van der Waals surface area contributed by atoms with Crippen LogP contribution in [0.25, 0.3) is 6.08 Å². The van der Waals surface area contributed by atoms with E-state index in [0.717, 1.165) is 62.5 Å². The molecule has 8 nitrogen and oxygen atoms in total. The predicted molar refractivity (Wildman–Crippen MR) is 129 cm³/mol. The maximum absolute atomic E-state index is 11.9. The Hall–Kier alpha value is -2.52. The van der Waals surface area contributed by atoms with E-state index in [1.165, 1.54) is 23.1 Å². The average Bonchev–Trinajstić information content (AvgIpc) is 3.32. The SMILES string of the molecule is C[C@@H]1Cc2ncnc(N3CC4CCC(C3)C4NS(C)(=O)=O)c2CN1c1ccnc2c1C=CC2. The van der Waals surface area contributed by atoms with Crippen LogP contribution in [-0.4, -0.2) is 54.8 Å². The molecule has 3 atom stereocenters. The molecule has 0 aromatic carbocycles. The maximum atomic E-state index is 11.9. The molecule has 1 N–H and O–H groups in total. The van der Waals surface area contributed by atoms with Crippen molar-refractivity contribution in [1.82, 2.24) is 19.7 Å². The van der Waals surface area contributed by atoms with Crippen molar-refractivity contribution >= 4 is 27.6 Å². The lowest BCUT2D eigenvalue weighted by molar-refractivity contribution is 0.330. The number of hydrogen-bond donors (Lipinski definition) is 1. The number of fused-ring (bicyclic) bond motifs is 4. The van der Waals surface area contributed by atoms with Crippen molar-refractivity contribution in [3.8, 4) is 0 Å². The number of nitrogens with one attached hydrogen (secondary N) is 1. The molecule has 6 rings (SSSR count). The van der Waals surface area contributed by atoms with Gasteiger partial charge in [0.05, 0.1) is 17.6 Å². The number of aromatic nitrogens is 3. The minimum atomic E-state index is -3.21. The van der Waals surface area contributed by atoms with Gasteiger partial charge in [0.25, 0.3) is 0 Å². The first-order valence-electron chi connectivity index (χ1n) is 11.8. The molecule has 0 radical (unpaired) electrons. The van der Waals surface area contributed by atoms with E-state index in [-0.39, 0.29) is 6.04 Å². The summed E-state index contributed by atoms with van der Waals surface area (Å²) in [5, 5.41) is 0. The van der Waals surface area contributed by atoms with Crippen molar-refractivity contribution in [2.75, 3.05) is 29.1 Å². The van der Waals surface area contributed by atoms with E-state index >= 15 is 0 Å². The Morgan fingerprint density at radius 3 is 2.64 bits per heavy atom. The molecule has 2 aromatic heterocycles. The summed E-state index contributed by atoms with van der Waals surface area (Å²) in [5.74, 6) is 1.65. The molecule has 2 unspecified atom stereocenters. The first-order chi connectivity index (χ1) is 15.9. The quantitative estimate of drug-likeness (QED) is 0.738. The number of allylic oxidation sites excluding steroid dienone is 1. The zero-order valence-electron chi connectivity index (χ0n) is 19.1. The molecule has 4 aliphatic rings. The zero-order valence-corrected chi connectivity index (χ0v) is 19.9. The Morgan fingerprint density at radius 1 is 1.09 bits per heavy atom. The van der Waals surface area contributed by atoms with Crippen molar-refractivity contribution in [2.24, 2.45) is 11.8 Å². The van der Waals surface area contributed by atoms with Crippen molar-refractivity contribution in [1.29, 1.82) is 0 Å². The number of hydrogen-bond acceptors (Lipinski definition) is 7. The lowest BCUT2D eigenvalue weighted by atomic mass is 9.92. The highest BCUT2D eigenvalue weighted by atomic mass is 32.2. The van der Waals surface area contributed by atoms with Crippen molar-refractivity contribution in [2.45, 2.75) is 51.2 Å². The summed E-state index contributed by atoms with van der Waals surface area (Å²) in [6.07, 6.45) is 13.2. The van der Waals surface area contributed by atoms with Gasteiger partial charge < -0.3 is 9.80 Å². The van der Waals surface area contributed by atoms with E-state index in [1.54, 1.807) is 6.33 Å². The third-order valence-corrected chi connectivity index (χ3v) is 8.50. The molecule has 0 amide bonds. The van der Waals surface area contributed by atoms with Crippen molar-refractivity contribution in [3.05, 3.63) is 47.2 Å². The number of anilines is 2. The Kier molecular flexibility index (Phi) is 4.95. The van der Waals surface area contributed by atoms with E-state index in [2.05, 4.69) is 49.6 Å². The molecular formula is C24H30N6O2S. The molecular weight excluding hydrogens is 436 g/mol. The van der Waals surface area contributed by atoms with E-state index in [1.807, 2.05) is 6.20 Å². The molecule has 33 heavy (non-hydrogen) atoms. The predicted octanol–water partition coefficient (Wildman–Crippen LogP) is 2.16. The standard InChI is InChI=1S/C24H30N6O2S/c1-15-10-21-19(13-30(15)22-8-9-25-20-5-3-4-18(20)22)24(27-14-26-21)29-11-16-6-7-17(12-29)23(16)28-33(2,31)32/h3-4,8-9,14-17,23,28H,5-7,10-13H2,1-2H3/t15-,16?,17?,23?/m1/s1. The van der Waals surface area contributed by atoms with Crippen molar-refractivity contribution in [3.63, 3.8) is 0 Å². The van der Waals surface area contributed by atoms with Gasteiger partial charge in [0.1, 0.15) is 12.1 Å². The fourth-order valence-electron chi connectivity index (χ4n) is 6.31. The number of pyridine rings is 1. The molecule has 9 heteroatoms. The third-order valence-electron chi connectivity index (χ3n) is 7.80. The minimum Gasteiger partial charge on any atom is -0.363 e. The minimum absolute atomic E-state index is 0.0385. The summed E-state index contributed by atoms with van der Waals surface area (Å²) in [4.78, 5) is 18.8. The number of sulfonamides is 1. The fraction of sp³-hybridized carbons (Fsp3) is 0.542. The van der Waals surface area contributed by atoms with Gasteiger partial charge >= 0.3 is 0 Å². The summed E-state index contributed by atoms with van der Waals surface area (Å²) >= 11 is 0. The lowest BCUT2D eigenvalue weighted by Gasteiger charge is -2.42. The van der Waals surface area contributed by atoms with Crippen LogP contribution < -0.4 is 14.5 Å². The summed E-state index contributed by atoms with van der Waals surface area (Å²) in [7, 11) is -3.21. The second-order valence-electron chi connectivity index (χ2n) is 10.0. The Balaban J connectivity index is 1.31. The molecule has 2 bridgehead atoms. The van der Waals surface area contributed by atoms with E-state index in [9.17, 15) is 8.42 Å². The largest absolute Gasteiger partial charge is 0.363 e. The first-order valence-corrected chi connectivity index (χ1v) is 13.7. The molecule has 4 heterocycles. The molecule has 2 aromatic rings. The third kappa shape index (κ3) is 3.71. The molecule has 0 spiro atoms. The second-order valence-corrected chi connectivity index (χ2v) is 11.8. The molecule has 2 aliphatic heterocycles. The average molecular weight is 467 g/mol. The van der Waals surface area contributed by atoms with Crippen molar-refractivity contribution < 1.29 is 8.42 Å². The van der Waals surface area contributed by atoms with Crippen LogP contribution in [-0.2, 0) is 29.4 Å². The summed E-state index contributed by atoms with van der Waals surface area (Å²) < 4.78 is 26.7. The van der Waals surface area contributed by atoms with Gasteiger partial charge in [-0.1, -0.05) is 12.2 Å². The van der Waals surface area contributed by atoms with Crippen LogP contribution in [0.4, 0.5) is 11.5 Å². The highest BCUT2D eigenvalue weighted by Crippen LogP contribution is 2.41. The highest BCUT2D eigenvalue weighted by Gasteiger charge is 2.44. The highest BCUT2D eigenvalue weighted by molar-refractivity contribution is 7.88. The Morgan fingerprint density at radius 2 is 1.88 bits per heavy atom. The van der Waals surface area contributed by atoms with Crippen LogP contribution in [0.3, 0.4) is 0 Å². The van der Waals surface area contributed by atoms with E-state index < -0.39 is 10.0 Å². The molecule has 2 fully saturated rings. The van der Waals surface area contributed by atoms with Gasteiger partial charge in [-0.25, -0.2) is 23.1 Å². The Bertz CT molecular complexity index is 1220. The van der Waals surface area contributed by atoms with E-state index in [4.69, 9.17) is 4.98 Å². The van der Waals surface area contributed by atoms with Crippen LogP contribution in [0.1, 0.15) is 42.3 Å². The van der Waals surface area contributed by atoms with Gasteiger partial charge in [0.15, 0.2) is 0 Å². The van der Waals surface area contributed by atoms with Crippen LogP contribution in [0.15, 0.2) is 24.7 Å². The van der Waals surface area contributed by atoms with Gasteiger partial charge in [-0.05, 0) is 37.7 Å². The van der Waals surface area contributed by atoms with Crippen LogP contribution in [0.2, 0.25) is 0 Å². The van der Waals surface area contributed by atoms with Crippen LogP contribution in [0.5, 0.6) is 0 Å². The Labute approximate surface area is 195 Å². The van der Waals surface area contributed by atoms with Crippen LogP contribution in [0, 0.1) is 11.8 Å². The van der Waals surface area contributed by atoms with Gasteiger partial charge in [-0.2, -0.15) is 0 Å². The van der Waals surface area contributed by atoms with Crippen LogP contribution >= 0.6 is 0 Å². The summed E-state index contributed by atoms with van der Waals surface area (Å²) in [5.41, 5.74) is 5.95. The smallest absolute Gasteiger partial charge is 0.208 e. The van der Waals surface area contributed by atoms with Gasteiger partial charge in [-0.3, -0.25) is 4.98 Å². The summed E-state index contributed by atoms with van der Waals surface area (Å²) in [6.45, 7) is 4.69. The second kappa shape index (κ2) is 7.77. The van der Waals surface area contributed by atoms with Gasteiger partial charge in [0, 0.05) is 67.6 Å². The normalized spacial score (nSPS) is 28.2. The fourth-order valence-corrected chi connectivity index (χ4v) is 7.19. The number of nitrogens with zero attached hydrogens (tertiary/aromatic N) is 5. The molecule has 2 aliphatic carbocycles. The molecule has 174 valence electrons. The maximum Gasteiger partial charge on any atom is 0.208 e. The number of rotatable bonds is 4. The van der Waals surface area contributed by atoms with E-state index in [0.29, 0.717) is 17.9 Å². The molecule has 1 saturated heterocycles. The first kappa shape index (κ1) is 21.0. The topological polar surface area (TPSA) is 91.3 Å². The monoisotopic (exact) mass is 466 g/mol. The zero-order chi connectivity index (χ0) is 22.7. The van der Waals surface area contributed by atoms with Gasteiger partial charge in [0.2, 0.25) is 10.0 Å². The number of piperidine rings is 1. The van der Waals surface area contributed by atoms with Gasteiger partial charge in [-0.15, -0.1) is 0 Å². The lowest BCUT2D eigenvalue weighted by Crippen LogP contribution is -2.53. The molecule has 1 saturated carbocycles.